The van der Waals surface area contributed by atoms with Crippen LogP contribution in [0.3, 0.4) is 0 Å². The molecule has 35 heavy (non-hydrogen) atoms. The monoisotopic (exact) mass is 505 g/mol. The van der Waals surface area contributed by atoms with Gasteiger partial charge < -0.3 is 4.42 Å². The van der Waals surface area contributed by atoms with Gasteiger partial charge in [-0.25, -0.2) is 9.63 Å². The smallest absolute Gasteiger partial charge is 0.273 e. The molecule has 1 aliphatic carbocycles. The summed E-state index contributed by atoms with van der Waals surface area (Å²) in [4.78, 5) is 13.7. The maximum absolute atomic E-state index is 13.8. The fourth-order valence-electron chi connectivity index (χ4n) is 3.42. The number of anilines is 1. The highest BCUT2D eigenvalue weighted by Crippen LogP contribution is 2.28. The van der Waals surface area contributed by atoms with Crippen molar-refractivity contribution in [1.82, 2.24) is 5.43 Å². The molecule has 0 spiro atoms. The minimum absolute atomic E-state index is 0.339. The van der Waals surface area contributed by atoms with Gasteiger partial charge in [0.2, 0.25) is 0 Å². The Bertz CT molecular complexity index is 1330. The number of hydrogen-bond acceptors (Lipinski definition) is 4. The van der Waals surface area contributed by atoms with Crippen LogP contribution < -0.4 is 9.73 Å². The maximum Gasteiger partial charge on any atom is 0.273 e. The van der Waals surface area contributed by atoms with E-state index in [1.165, 1.54) is 12.5 Å². The van der Waals surface area contributed by atoms with Crippen LogP contribution in [-0.2, 0) is 11.0 Å². The molecule has 8 heteroatoms. The number of nitrogens with zero attached hydrogens (tertiary/aromatic N) is 2. The lowest BCUT2D eigenvalue weighted by atomic mass is 10.1. The maximum atomic E-state index is 13.8. The summed E-state index contributed by atoms with van der Waals surface area (Å²) in [5.74, 6) is 0.0905. The van der Waals surface area contributed by atoms with Gasteiger partial charge in [-0.2, -0.15) is 5.10 Å². The summed E-state index contributed by atoms with van der Waals surface area (Å²) in [6, 6.07) is 18.0. The van der Waals surface area contributed by atoms with Crippen LogP contribution in [0.2, 0.25) is 0 Å². The first-order valence-electron chi connectivity index (χ1n) is 10.9. The Morgan fingerprint density at radius 3 is 2.71 bits per heavy atom. The van der Waals surface area contributed by atoms with Crippen LogP contribution in [0.1, 0.15) is 28.1 Å². The van der Waals surface area contributed by atoms with Crippen molar-refractivity contribution in [3.8, 4) is 0 Å². The zero-order valence-electron chi connectivity index (χ0n) is 19.1. The zero-order chi connectivity index (χ0) is 24.6. The molecule has 0 saturated heterocycles. The number of amides is 1. The molecule has 1 aromatic heterocycles. The molecule has 1 unspecified atom stereocenters. The molecule has 0 aliphatic heterocycles. The Labute approximate surface area is 211 Å². The Hall–Kier alpha value is -3.68. The van der Waals surface area contributed by atoms with Crippen molar-refractivity contribution in [2.24, 2.45) is 5.10 Å². The van der Waals surface area contributed by atoms with Gasteiger partial charge >= 0.3 is 0 Å². The van der Waals surface area contributed by atoms with Crippen molar-refractivity contribution in [3.63, 3.8) is 0 Å². The number of carbonyl (C=O) groups is 1. The third-order valence-electron chi connectivity index (χ3n) is 5.22. The summed E-state index contributed by atoms with van der Waals surface area (Å²) in [6.45, 7) is 2.32. The molecule has 3 aromatic rings. The lowest BCUT2D eigenvalue weighted by Crippen LogP contribution is -2.31. The van der Waals surface area contributed by atoms with E-state index in [9.17, 15) is 9.00 Å². The minimum atomic E-state index is -1.57. The van der Waals surface area contributed by atoms with Gasteiger partial charge in [-0.05, 0) is 67.5 Å². The van der Waals surface area contributed by atoms with Crippen LogP contribution in [0, 0.1) is 6.92 Å². The molecule has 1 N–H and O–H groups in total. The summed E-state index contributed by atoms with van der Waals surface area (Å²) in [5, 5.41) is 4.61. The standard InChI is InChI=1S/C27H24ClN3O3S/c1-20-11-15-24(16-12-20)35(33)31(19-21-6-4-7-22(28)14-13-21)26-10-3-2-9-25(26)27(32)30-29-18-23-8-5-17-34-23/h2-5,7-18H,6,19H2,1H3,(H,30,32)/b29-18+. The van der Waals surface area contributed by atoms with Gasteiger partial charge in [-0.3, -0.25) is 9.10 Å². The van der Waals surface area contributed by atoms with E-state index in [1.54, 1.807) is 34.6 Å². The molecule has 6 nitrogen and oxygen atoms in total. The predicted octanol–water partition coefficient (Wildman–Crippen LogP) is 5.89. The minimum Gasteiger partial charge on any atom is -0.463 e. The average molecular weight is 506 g/mol. The molecule has 1 heterocycles. The lowest BCUT2D eigenvalue weighted by Gasteiger charge is -2.26. The van der Waals surface area contributed by atoms with E-state index in [1.807, 2.05) is 61.6 Å². The summed E-state index contributed by atoms with van der Waals surface area (Å²) in [5.41, 5.74) is 5.48. The Kier molecular flexibility index (Phi) is 8.13. The number of hydrazone groups is 1. The molecule has 178 valence electrons. The first-order valence-corrected chi connectivity index (χ1v) is 12.4. The van der Waals surface area contributed by atoms with Gasteiger partial charge in [0.25, 0.3) is 5.91 Å². The van der Waals surface area contributed by atoms with E-state index in [-0.39, 0.29) is 0 Å². The third kappa shape index (κ3) is 6.47. The Balaban J connectivity index is 1.67. The summed E-state index contributed by atoms with van der Waals surface area (Å²) < 4.78 is 20.7. The van der Waals surface area contributed by atoms with Crippen LogP contribution in [0.25, 0.3) is 0 Å². The summed E-state index contributed by atoms with van der Waals surface area (Å²) in [7, 11) is -1.57. The Morgan fingerprint density at radius 2 is 1.94 bits per heavy atom. The number of rotatable bonds is 8. The quantitative estimate of drug-likeness (QED) is 0.306. The molecule has 1 aliphatic rings. The number of furan rings is 1. The summed E-state index contributed by atoms with van der Waals surface area (Å²) in [6.07, 6.45) is 11.1. The zero-order valence-corrected chi connectivity index (χ0v) is 20.6. The van der Waals surface area contributed by atoms with Crippen LogP contribution in [0.15, 0.2) is 116 Å². The highest BCUT2D eigenvalue weighted by Gasteiger charge is 2.23. The van der Waals surface area contributed by atoms with Crippen molar-refractivity contribution in [3.05, 3.63) is 119 Å². The van der Waals surface area contributed by atoms with Crippen LogP contribution in [0.4, 0.5) is 5.69 Å². The second-order valence-electron chi connectivity index (χ2n) is 7.81. The highest BCUT2D eigenvalue weighted by atomic mass is 35.5. The van der Waals surface area contributed by atoms with Gasteiger partial charge in [0.15, 0.2) is 11.0 Å². The topological polar surface area (TPSA) is 74.9 Å². The number of allylic oxidation sites excluding steroid dienone is 5. The van der Waals surface area contributed by atoms with E-state index >= 15 is 0 Å². The number of para-hydroxylation sites is 1. The number of nitrogens with one attached hydrogen (secondary N) is 1. The molecular formula is C27H24ClN3O3S. The Morgan fingerprint density at radius 1 is 1.14 bits per heavy atom. The SMILES string of the molecule is Cc1ccc(S(=O)N(CC2=CC=C(Cl)C=CC2)c2ccccc2C(=O)N/N=C/c2ccco2)cc1. The number of carbonyl (C=O) groups excluding carboxylic acids is 1. The fraction of sp³-hybridized carbons (Fsp3) is 0.111. The normalized spacial score (nSPS) is 14.2. The molecule has 0 saturated carbocycles. The number of halogens is 1. The molecule has 0 bridgehead atoms. The summed E-state index contributed by atoms with van der Waals surface area (Å²) >= 11 is 6.15. The fourth-order valence-corrected chi connectivity index (χ4v) is 4.82. The van der Waals surface area contributed by atoms with E-state index in [4.69, 9.17) is 16.0 Å². The predicted molar refractivity (Wildman–Crippen MR) is 141 cm³/mol. The lowest BCUT2D eigenvalue weighted by molar-refractivity contribution is 0.0956. The van der Waals surface area contributed by atoms with Crippen LogP contribution in [-0.4, -0.2) is 22.9 Å². The van der Waals surface area contributed by atoms with Crippen LogP contribution >= 0.6 is 11.6 Å². The molecular weight excluding hydrogens is 482 g/mol. The van der Waals surface area contributed by atoms with E-state index in [0.29, 0.717) is 39.9 Å². The molecule has 0 radical (unpaired) electrons. The van der Waals surface area contributed by atoms with Gasteiger partial charge in [0.05, 0.1) is 35.2 Å². The third-order valence-corrected chi connectivity index (χ3v) is 6.88. The molecule has 4 rings (SSSR count). The van der Waals surface area contributed by atoms with Gasteiger partial charge in [-0.1, -0.05) is 53.6 Å². The van der Waals surface area contributed by atoms with Crippen molar-refractivity contribution in [2.75, 3.05) is 10.8 Å². The van der Waals surface area contributed by atoms with Crippen molar-refractivity contribution >= 4 is 40.4 Å². The first-order chi connectivity index (χ1) is 17.0. The van der Waals surface area contributed by atoms with E-state index < -0.39 is 16.9 Å². The second kappa shape index (κ2) is 11.6. The largest absolute Gasteiger partial charge is 0.463 e. The van der Waals surface area contributed by atoms with Crippen molar-refractivity contribution in [1.29, 1.82) is 0 Å². The average Bonchev–Trinajstić information content (AvgIpc) is 3.30. The molecule has 1 amide bonds. The number of hydrogen-bond donors (Lipinski definition) is 1. The molecule has 1 atom stereocenters. The van der Waals surface area contributed by atoms with Gasteiger partial charge in [0.1, 0.15) is 5.76 Å². The van der Waals surface area contributed by atoms with Gasteiger partial charge in [0, 0.05) is 5.03 Å². The molecule has 2 aromatic carbocycles. The number of aryl methyl sites for hydroxylation is 1. The second-order valence-corrected chi connectivity index (χ2v) is 9.66. The van der Waals surface area contributed by atoms with Gasteiger partial charge in [-0.15, -0.1) is 0 Å². The number of benzene rings is 2. The highest BCUT2D eigenvalue weighted by molar-refractivity contribution is 7.86. The molecule has 0 fully saturated rings. The van der Waals surface area contributed by atoms with E-state index in [0.717, 1.165) is 11.1 Å². The van der Waals surface area contributed by atoms with Crippen molar-refractivity contribution in [2.45, 2.75) is 18.2 Å². The van der Waals surface area contributed by atoms with Crippen LogP contribution in [0.5, 0.6) is 0 Å². The first kappa shape index (κ1) is 24.4. The van der Waals surface area contributed by atoms with E-state index in [2.05, 4.69) is 10.5 Å². The van der Waals surface area contributed by atoms with Crippen molar-refractivity contribution < 1.29 is 13.4 Å².